The normalized spacial score (nSPS) is 29.5. The van der Waals surface area contributed by atoms with Crippen LogP contribution in [0.3, 0.4) is 0 Å². The molecule has 2 unspecified atom stereocenters. The van der Waals surface area contributed by atoms with Crippen molar-refractivity contribution in [2.24, 2.45) is 5.41 Å². The van der Waals surface area contributed by atoms with E-state index in [2.05, 4.69) is 44.7 Å². The van der Waals surface area contributed by atoms with Crippen molar-refractivity contribution in [1.82, 2.24) is 10.2 Å². The van der Waals surface area contributed by atoms with Crippen LogP contribution in [0.2, 0.25) is 0 Å². The van der Waals surface area contributed by atoms with Crippen LogP contribution in [0, 0.1) is 5.41 Å². The third-order valence-corrected chi connectivity index (χ3v) is 3.34. The average Bonchev–Trinajstić information content (AvgIpc) is 2.10. The molecule has 0 aromatic heterocycles. The maximum absolute atomic E-state index is 11.1. The molecule has 1 saturated carbocycles. The largest absolute Gasteiger partial charge is 0.349 e. The van der Waals surface area contributed by atoms with Crippen LogP contribution in [0.1, 0.15) is 20.3 Å². The highest BCUT2D eigenvalue weighted by atomic mass is 16.1. The van der Waals surface area contributed by atoms with Gasteiger partial charge in [0, 0.05) is 17.5 Å². The van der Waals surface area contributed by atoms with E-state index in [1.165, 1.54) is 6.08 Å². The lowest BCUT2D eigenvalue weighted by atomic mass is 9.62. The van der Waals surface area contributed by atoms with Gasteiger partial charge in [0.05, 0.1) is 0 Å². The highest BCUT2D eigenvalue weighted by molar-refractivity contribution is 5.87. The minimum absolute atomic E-state index is 0.0692. The van der Waals surface area contributed by atoms with Crippen molar-refractivity contribution < 1.29 is 4.79 Å². The van der Waals surface area contributed by atoms with Crippen molar-refractivity contribution in [2.45, 2.75) is 32.4 Å². The van der Waals surface area contributed by atoms with Crippen LogP contribution in [0.15, 0.2) is 12.7 Å². The lowest BCUT2D eigenvalue weighted by Gasteiger charge is -2.54. The number of carbonyl (C=O) groups is 1. The molecule has 1 aliphatic carbocycles. The maximum atomic E-state index is 11.1. The van der Waals surface area contributed by atoms with E-state index in [1.54, 1.807) is 0 Å². The molecule has 0 aromatic carbocycles. The van der Waals surface area contributed by atoms with Crippen LogP contribution < -0.4 is 5.32 Å². The second-order valence-electron chi connectivity index (χ2n) is 4.80. The fraction of sp³-hybridized carbons (Fsp3) is 0.727. The molecule has 14 heavy (non-hydrogen) atoms. The molecule has 1 fully saturated rings. The molecule has 0 spiro atoms. The number of hydrogen-bond acceptors (Lipinski definition) is 2. The van der Waals surface area contributed by atoms with Crippen molar-refractivity contribution in [3.63, 3.8) is 0 Å². The summed E-state index contributed by atoms with van der Waals surface area (Å²) in [7, 11) is 4.16. The van der Waals surface area contributed by atoms with Crippen LogP contribution in [-0.2, 0) is 4.79 Å². The predicted octanol–water partition coefficient (Wildman–Crippen LogP) is 1.02. The molecular formula is C11H20N2O. The number of carbonyl (C=O) groups excluding carboxylic acids is 1. The summed E-state index contributed by atoms with van der Waals surface area (Å²) in [6, 6.07) is 0.831. The molecule has 0 aliphatic heterocycles. The molecule has 1 N–H and O–H groups in total. The zero-order valence-electron chi connectivity index (χ0n) is 9.50. The third kappa shape index (κ3) is 1.82. The molecular weight excluding hydrogens is 176 g/mol. The first-order valence-electron chi connectivity index (χ1n) is 4.99. The van der Waals surface area contributed by atoms with Gasteiger partial charge in [-0.05, 0) is 26.6 Å². The Bertz CT molecular complexity index is 246. The van der Waals surface area contributed by atoms with Gasteiger partial charge in [0.25, 0.3) is 0 Å². The summed E-state index contributed by atoms with van der Waals surface area (Å²) in [6.07, 6.45) is 2.36. The molecule has 0 heterocycles. The molecule has 0 saturated heterocycles. The van der Waals surface area contributed by atoms with Gasteiger partial charge in [-0.1, -0.05) is 20.4 Å². The fourth-order valence-electron chi connectivity index (χ4n) is 2.25. The highest BCUT2D eigenvalue weighted by Gasteiger charge is 2.49. The monoisotopic (exact) mass is 196 g/mol. The first-order valence-corrected chi connectivity index (χ1v) is 4.99. The second-order valence-corrected chi connectivity index (χ2v) is 4.80. The summed E-state index contributed by atoms with van der Waals surface area (Å²) in [5, 5.41) is 2.96. The quantitative estimate of drug-likeness (QED) is 0.683. The number of nitrogens with zero attached hydrogens (tertiary/aromatic N) is 1. The van der Waals surface area contributed by atoms with Crippen molar-refractivity contribution >= 4 is 5.91 Å². The van der Waals surface area contributed by atoms with Gasteiger partial charge in [-0.3, -0.25) is 4.79 Å². The Labute approximate surface area is 86.2 Å². The van der Waals surface area contributed by atoms with Crippen molar-refractivity contribution in [3.05, 3.63) is 12.7 Å². The van der Waals surface area contributed by atoms with Crippen molar-refractivity contribution in [2.75, 3.05) is 14.1 Å². The number of nitrogens with one attached hydrogen (secondary N) is 1. The summed E-state index contributed by atoms with van der Waals surface area (Å²) in [5.41, 5.74) is 0.155. The first-order chi connectivity index (χ1) is 6.39. The molecule has 0 aromatic rings. The van der Waals surface area contributed by atoms with Gasteiger partial charge in [0.2, 0.25) is 5.91 Å². The van der Waals surface area contributed by atoms with Gasteiger partial charge >= 0.3 is 0 Å². The van der Waals surface area contributed by atoms with E-state index in [0.717, 1.165) is 6.42 Å². The Morgan fingerprint density at radius 2 is 2.14 bits per heavy atom. The fourth-order valence-corrected chi connectivity index (χ4v) is 2.25. The number of amides is 1. The number of rotatable bonds is 3. The van der Waals surface area contributed by atoms with E-state index in [9.17, 15) is 4.79 Å². The Morgan fingerprint density at radius 1 is 1.57 bits per heavy atom. The van der Waals surface area contributed by atoms with E-state index in [4.69, 9.17) is 0 Å². The first kappa shape index (κ1) is 11.2. The molecule has 3 nitrogen and oxygen atoms in total. The van der Waals surface area contributed by atoms with E-state index in [1.807, 2.05) is 0 Å². The zero-order chi connectivity index (χ0) is 10.9. The van der Waals surface area contributed by atoms with E-state index in [0.29, 0.717) is 6.04 Å². The Morgan fingerprint density at radius 3 is 2.50 bits per heavy atom. The third-order valence-electron chi connectivity index (χ3n) is 3.34. The lowest BCUT2D eigenvalue weighted by molar-refractivity contribution is -0.121. The summed E-state index contributed by atoms with van der Waals surface area (Å²) in [4.78, 5) is 13.4. The van der Waals surface area contributed by atoms with Gasteiger partial charge in [0.1, 0.15) is 0 Å². The van der Waals surface area contributed by atoms with Crippen LogP contribution in [0.5, 0.6) is 0 Å². The van der Waals surface area contributed by atoms with Crippen molar-refractivity contribution in [1.29, 1.82) is 0 Å². The molecule has 1 aliphatic rings. The topological polar surface area (TPSA) is 32.3 Å². The zero-order valence-corrected chi connectivity index (χ0v) is 9.50. The van der Waals surface area contributed by atoms with Crippen molar-refractivity contribution in [3.8, 4) is 0 Å². The SMILES string of the molecule is C=CC(=O)NC1CC(N(C)C)C1(C)C. The Balaban J connectivity index is 2.54. The lowest BCUT2D eigenvalue weighted by Crippen LogP contribution is -2.65. The summed E-state index contributed by atoms with van der Waals surface area (Å²) < 4.78 is 0. The van der Waals surface area contributed by atoms with E-state index in [-0.39, 0.29) is 17.4 Å². The Hall–Kier alpha value is -0.830. The molecule has 0 bridgehead atoms. The highest BCUT2D eigenvalue weighted by Crippen LogP contribution is 2.42. The Kier molecular flexibility index (Phi) is 3.00. The molecule has 0 radical (unpaired) electrons. The molecule has 80 valence electrons. The molecule has 1 amide bonds. The smallest absolute Gasteiger partial charge is 0.243 e. The summed E-state index contributed by atoms with van der Waals surface area (Å²) >= 11 is 0. The van der Waals surface area contributed by atoms with Crippen LogP contribution in [0.25, 0.3) is 0 Å². The molecule has 1 rings (SSSR count). The van der Waals surface area contributed by atoms with Gasteiger partial charge < -0.3 is 10.2 Å². The minimum Gasteiger partial charge on any atom is -0.349 e. The second kappa shape index (κ2) is 3.73. The van der Waals surface area contributed by atoms with Gasteiger partial charge in [-0.15, -0.1) is 0 Å². The van der Waals surface area contributed by atoms with E-state index >= 15 is 0 Å². The maximum Gasteiger partial charge on any atom is 0.243 e. The van der Waals surface area contributed by atoms with E-state index < -0.39 is 0 Å². The van der Waals surface area contributed by atoms with Crippen LogP contribution in [-0.4, -0.2) is 37.0 Å². The summed E-state index contributed by atoms with van der Waals surface area (Å²) in [6.45, 7) is 7.83. The van der Waals surface area contributed by atoms with Crippen LogP contribution in [0.4, 0.5) is 0 Å². The summed E-state index contributed by atoms with van der Waals surface area (Å²) in [5.74, 6) is -0.0692. The standard InChI is InChI=1S/C11H20N2O/c1-6-10(14)12-8-7-9(13(4)5)11(8,2)3/h6,8-9H,1,7H2,2-5H3,(H,12,14). The predicted molar refractivity (Wildman–Crippen MR) is 58.0 cm³/mol. The molecule has 3 heteroatoms. The van der Waals surface area contributed by atoms with Gasteiger partial charge in [0.15, 0.2) is 0 Å². The van der Waals surface area contributed by atoms with Gasteiger partial charge in [-0.2, -0.15) is 0 Å². The van der Waals surface area contributed by atoms with Gasteiger partial charge in [-0.25, -0.2) is 0 Å². The minimum atomic E-state index is -0.0692. The number of hydrogen-bond donors (Lipinski definition) is 1. The van der Waals surface area contributed by atoms with Crippen LogP contribution >= 0.6 is 0 Å². The molecule has 2 atom stereocenters. The average molecular weight is 196 g/mol.